The van der Waals surface area contributed by atoms with Gasteiger partial charge >= 0.3 is 0 Å². The van der Waals surface area contributed by atoms with Crippen molar-refractivity contribution in [3.05, 3.63) is 11.9 Å². The molecule has 0 atom stereocenters. The van der Waals surface area contributed by atoms with Crippen molar-refractivity contribution in [3.8, 4) is 0 Å². The third-order valence-corrected chi connectivity index (χ3v) is 2.94. The molecule has 0 fully saturated rings. The van der Waals surface area contributed by atoms with Crippen LogP contribution in [0, 0.1) is 0 Å². The van der Waals surface area contributed by atoms with E-state index < -0.39 is 0 Å². The molecule has 0 bridgehead atoms. The van der Waals surface area contributed by atoms with Crippen molar-refractivity contribution in [1.29, 1.82) is 0 Å². The number of hydrogen-bond donors (Lipinski definition) is 2. The summed E-state index contributed by atoms with van der Waals surface area (Å²) in [5.74, 6) is 1.97. The second-order valence-corrected chi connectivity index (χ2v) is 4.44. The first-order valence-electron chi connectivity index (χ1n) is 7.26. The maximum atomic E-state index is 12.0. The molecule has 2 N–H and O–H groups in total. The Hall–Kier alpha value is -1.89. The molecule has 1 aromatic heterocycles. The Labute approximate surface area is 126 Å². The van der Waals surface area contributed by atoms with Crippen LogP contribution in [0.5, 0.6) is 0 Å². The monoisotopic (exact) mass is 295 g/mol. The van der Waals surface area contributed by atoms with Crippen molar-refractivity contribution >= 4 is 17.5 Å². The number of aromatic nitrogens is 2. The number of likely N-dealkylation sites (N-methyl/N-ethyl adjacent to an activating group) is 1. The molecular formula is C14H25N5O2. The first-order valence-corrected chi connectivity index (χ1v) is 7.26. The Morgan fingerprint density at radius 2 is 1.81 bits per heavy atom. The van der Waals surface area contributed by atoms with Gasteiger partial charge in [0, 0.05) is 32.8 Å². The predicted octanol–water partition coefficient (Wildman–Crippen LogP) is 1.34. The molecule has 1 amide bonds. The highest BCUT2D eigenvalue weighted by atomic mass is 16.5. The van der Waals surface area contributed by atoms with Crippen molar-refractivity contribution in [1.82, 2.24) is 14.9 Å². The molecule has 0 aliphatic rings. The first-order chi connectivity index (χ1) is 10.1. The lowest BCUT2D eigenvalue weighted by molar-refractivity contribution is -0.128. The molecule has 0 spiro atoms. The van der Waals surface area contributed by atoms with Gasteiger partial charge in [-0.2, -0.15) is 0 Å². The topological polar surface area (TPSA) is 79.4 Å². The number of ether oxygens (including phenoxy) is 1. The fourth-order valence-electron chi connectivity index (χ4n) is 1.91. The number of rotatable bonds is 9. The fourth-order valence-corrected chi connectivity index (χ4v) is 1.91. The summed E-state index contributed by atoms with van der Waals surface area (Å²) in [5, 5.41) is 6.19. The van der Waals surface area contributed by atoms with Crippen LogP contribution in [0.4, 0.5) is 11.6 Å². The standard InChI is InChI=1S/C14H25N5O2/c1-5-15-11-8-12(18-13(17-11)10-21-4)16-9-14(20)19(6-2)7-3/h8H,5-7,9-10H2,1-4H3,(H2,15,16,17,18). The van der Waals surface area contributed by atoms with Gasteiger partial charge in [0.25, 0.3) is 0 Å². The molecule has 0 aliphatic carbocycles. The largest absolute Gasteiger partial charge is 0.377 e. The normalized spacial score (nSPS) is 10.3. The summed E-state index contributed by atoms with van der Waals surface area (Å²) in [6.07, 6.45) is 0. The van der Waals surface area contributed by atoms with Gasteiger partial charge in [-0.1, -0.05) is 0 Å². The second-order valence-electron chi connectivity index (χ2n) is 4.44. The maximum Gasteiger partial charge on any atom is 0.241 e. The molecule has 118 valence electrons. The Morgan fingerprint density at radius 1 is 1.19 bits per heavy atom. The maximum absolute atomic E-state index is 12.0. The average molecular weight is 295 g/mol. The van der Waals surface area contributed by atoms with Crippen LogP contribution in [0.1, 0.15) is 26.6 Å². The van der Waals surface area contributed by atoms with E-state index in [2.05, 4.69) is 20.6 Å². The molecule has 0 radical (unpaired) electrons. The Balaban J connectivity index is 2.74. The van der Waals surface area contributed by atoms with Gasteiger partial charge in [0.15, 0.2) is 5.82 Å². The minimum absolute atomic E-state index is 0.0527. The zero-order valence-electron chi connectivity index (χ0n) is 13.3. The molecule has 1 aromatic rings. The lowest BCUT2D eigenvalue weighted by atomic mass is 10.4. The number of carbonyl (C=O) groups excluding carboxylic acids is 1. The minimum atomic E-state index is 0.0527. The van der Waals surface area contributed by atoms with E-state index in [1.165, 1.54) is 0 Å². The van der Waals surface area contributed by atoms with E-state index in [1.807, 2.05) is 20.8 Å². The smallest absolute Gasteiger partial charge is 0.241 e. The van der Waals surface area contributed by atoms with Gasteiger partial charge in [0.2, 0.25) is 5.91 Å². The molecule has 0 aromatic carbocycles. The minimum Gasteiger partial charge on any atom is -0.377 e. The Kier molecular flexibility index (Phi) is 7.45. The van der Waals surface area contributed by atoms with Gasteiger partial charge in [-0.3, -0.25) is 4.79 Å². The Morgan fingerprint density at radius 3 is 2.33 bits per heavy atom. The first kappa shape index (κ1) is 17.2. The molecular weight excluding hydrogens is 270 g/mol. The summed E-state index contributed by atoms with van der Waals surface area (Å²) in [4.78, 5) is 22.4. The highest BCUT2D eigenvalue weighted by Crippen LogP contribution is 2.11. The van der Waals surface area contributed by atoms with E-state index in [0.717, 1.165) is 12.4 Å². The average Bonchev–Trinajstić information content (AvgIpc) is 2.47. The predicted molar refractivity (Wildman–Crippen MR) is 83.3 cm³/mol. The second kappa shape index (κ2) is 9.12. The summed E-state index contributed by atoms with van der Waals surface area (Å²) in [6.45, 7) is 8.65. The van der Waals surface area contributed by atoms with E-state index in [0.29, 0.717) is 31.3 Å². The molecule has 1 rings (SSSR count). The van der Waals surface area contributed by atoms with Gasteiger partial charge < -0.3 is 20.3 Å². The molecule has 0 saturated heterocycles. The number of carbonyl (C=O) groups is 1. The van der Waals surface area contributed by atoms with Crippen LogP contribution in [0.2, 0.25) is 0 Å². The summed E-state index contributed by atoms with van der Waals surface area (Å²) in [6, 6.07) is 1.79. The molecule has 0 saturated carbocycles. The number of anilines is 2. The van der Waals surface area contributed by atoms with E-state index >= 15 is 0 Å². The summed E-state index contributed by atoms with van der Waals surface area (Å²) >= 11 is 0. The summed E-state index contributed by atoms with van der Waals surface area (Å²) in [5.41, 5.74) is 0. The van der Waals surface area contributed by atoms with Crippen molar-refractivity contribution in [2.24, 2.45) is 0 Å². The zero-order chi connectivity index (χ0) is 15.7. The van der Waals surface area contributed by atoms with E-state index in [1.54, 1.807) is 18.1 Å². The van der Waals surface area contributed by atoms with Crippen molar-refractivity contribution in [2.45, 2.75) is 27.4 Å². The van der Waals surface area contributed by atoms with Gasteiger partial charge in [-0.25, -0.2) is 9.97 Å². The molecule has 1 heterocycles. The summed E-state index contributed by atoms with van der Waals surface area (Å²) in [7, 11) is 1.60. The summed E-state index contributed by atoms with van der Waals surface area (Å²) < 4.78 is 5.06. The van der Waals surface area contributed by atoms with Gasteiger partial charge in [-0.15, -0.1) is 0 Å². The van der Waals surface area contributed by atoms with Crippen LogP contribution in [0.3, 0.4) is 0 Å². The zero-order valence-corrected chi connectivity index (χ0v) is 13.3. The molecule has 21 heavy (non-hydrogen) atoms. The molecule has 0 aliphatic heterocycles. The van der Waals surface area contributed by atoms with Crippen LogP contribution < -0.4 is 10.6 Å². The van der Waals surface area contributed by atoms with E-state index in [4.69, 9.17) is 4.74 Å². The lowest BCUT2D eigenvalue weighted by Gasteiger charge is -2.19. The number of amides is 1. The van der Waals surface area contributed by atoms with Crippen molar-refractivity contribution < 1.29 is 9.53 Å². The third-order valence-electron chi connectivity index (χ3n) is 2.94. The highest BCUT2D eigenvalue weighted by Gasteiger charge is 2.10. The van der Waals surface area contributed by atoms with Crippen LogP contribution in [-0.4, -0.2) is 54.1 Å². The van der Waals surface area contributed by atoms with Crippen LogP contribution in [-0.2, 0) is 16.1 Å². The quantitative estimate of drug-likeness (QED) is 0.715. The molecule has 7 nitrogen and oxygen atoms in total. The number of methoxy groups -OCH3 is 1. The van der Waals surface area contributed by atoms with Crippen molar-refractivity contribution in [3.63, 3.8) is 0 Å². The van der Waals surface area contributed by atoms with Crippen LogP contribution in [0.25, 0.3) is 0 Å². The van der Waals surface area contributed by atoms with Crippen LogP contribution >= 0.6 is 0 Å². The SMILES string of the molecule is CCNc1cc(NCC(=O)N(CC)CC)nc(COC)n1. The molecule has 0 unspecified atom stereocenters. The van der Waals surface area contributed by atoms with Crippen molar-refractivity contribution in [2.75, 3.05) is 43.9 Å². The van der Waals surface area contributed by atoms with E-state index in [-0.39, 0.29) is 12.5 Å². The van der Waals surface area contributed by atoms with Gasteiger partial charge in [-0.05, 0) is 20.8 Å². The Bertz CT molecular complexity index is 425. The fraction of sp³-hybridized carbons (Fsp3) is 0.643. The number of nitrogens with one attached hydrogen (secondary N) is 2. The highest BCUT2D eigenvalue weighted by molar-refractivity contribution is 5.80. The van der Waals surface area contributed by atoms with Crippen LogP contribution in [0.15, 0.2) is 6.07 Å². The number of nitrogens with zero attached hydrogens (tertiary/aromatic N) is 3. The van der Waals surface area contributed by atoms with Gasteiger partial charge in [0.05, 0.1) is 6.54 Å². The number of hydrogen-bond acceptors (Lipinski definition) is 6. The molecule has 7 heteroatoms. The lowest BCUT2D eigenvalue weighted by Crippen LogP contribution is -2.35. The van der Waals surface area contributed by atoms with Gasteiger partial charge in [0.1, 0.15) is 18.2 Å². The third kappa shape index (κ3) is 5.55. The van der Waals surface area contributed by atoms with E-state index in [9.17, 15) is 4.79 Å².